The fraction of sp³-hybridized carbons (Fsp3) is 0.316. The first-order chi connectivity index (χ1) is 10.7. The fourth-order valence-corrected chi connectivity index (χ4v) is 3.03. The van der Waals surface area contributed by atoms with Gasteiger partial charge in [-0.1, -0.05) is 30.3 Å². The van der Waals surface area contributed by atoms with E-state index in [1.807, 2.05) is 31.2 Å². The Bertz CT molecular complexity index is 679. The Morgan fingerprint density at radius 3 is 2.64 bits per heavy atom. The van der Waals surface area contributed by atoms with Crippen molar-refractivity contribution in [2.24, 2.45) is 0 Å². The molecule has 114 valence electrons. The molecule has 0 saturated heterocycles. The minimum Gasteiger partial charge on any atom is -0.376 e. The Kier molecular flexibility index (Phi) is 4.42. The third-order valence-corrected chi connectivity index (χ3v) is 4.25. The molecule has 0 atom stereocenters. The average Bonchev–Trinajstić information content (AvgIpc) is 2.55. The van der Waals surface area contributed by atoms with E-state index in [0.29, 0.717) is 6.54 Å². The van der Waals surface area contributed by atoms with E-state index in [9.17, 15) is 4.79 Å². The minimum absolute atomic E-state index is 0.0114. The molecule has 2 aromatic carbocycles. The Morgan fingerprint density at radius 2 is 1.77 bits per heavy atom. The van der Waals surface area contributed by atoms with Gasteiger partial charge in [-0.2, -0.15) is 0 Å². The highest BCUT2D eigenvalue weighted by atomic mass is 16.1. The van der Waals surface area contributed by atoms with Crippen LogP contribution in [0.15, 0.2) is 42.5 Å². The summed E-state index contributed by atoms with van der Waals surface area (Å²) in [5.74, 6) is -0.0114. The Hall–Kier alpha value is -2.29. The van der Waals surface area contributed by atoms with E-state index in [-0.39, 0.29) is 5.91 Å². The van der Waals surface area contributed by atoms with Gasteiger partial charge in [0.25, 0.3) is 0 Å². The van der Waals surface area contributed by atoms with Crippen molar-refractivity contribution >= 4 is 17.3 Å². The van der Waals surface area contributed by atoms with E-state index < -0.39 is 0 Å². The van der Waals surface area contributed by atoms with E-state index in [4.69, 9.17) is 0 Å². The van der Waals surface area contributed by atoms with Gasteiger partial charge >= 0.3 is 0 Å². The molecule has 2 N–H and O–H groups in total. The first kappa shape index (κ1) is 14.6. The van der Waals surface area contributed by atoms with E-state index in [1.165, 1.54) is 24.0 Å². The van der Waals surface area contributed by atoms with Gasteiger partial charge in [0, 0.05) is 11.4 Å². The number of fused-ring (bicyclic) bond motifs is 1. The van der Waals surface area contributed by atoms with E-state index in [0.717, 1.165) is 29.8 Å². The summed E-state index contributed by atoms with van der Waals surface area (Å²) in [6.45, 7) is 2.29. The SMILES string of the molecule is Cc1ccccc1NC(=O)CNc1cccc2c1CCCC2. The molecule has 2 aromatic rings. The third-order valence-electron chi connectivity index (χ3n) is 4.25. The lowest BCUT2D eigenvalue weighted by Gasteiger charge is -2.20. The second-order valence-electron chi connectivity index (χ2n) is 5.87. The fourth-order valence-electron chi connectivity index (χ4n) is 3.03. The van der Waals surface area contributed by atoms with Crippen molar-refractivity contribution in [3.63, 3.8) is 0 Å². The molecule has 1 aliphatic carbocycles. The summed E-state index contributed by atoms with van der Waals surface area (Å²) in [6, 6.07) is 14.2. The number of para-hydroxylation sites is 1. The zero-order valence-corrected chi connectivity index (χ0v) is 13.0. The summed E-state index contributed by atoms with van der Waals surface area (Å²) < 4.78 is 0. The monoisotopic (exact) mass is 294 g/mol. The van der Waals surface area contributed by atoms with Crippen LogP contribution in [0.3, 0.4) is 0 Å². The Balaban J connectivity index is 1.63. The lowest BCUT2D eigenvalue weighted by atomic mass is 9.90. The lowest BCUT2D eigenvalue weighted by molar-refractivity contribution is -0.114. The molecule has 3 heteroatoms. The van der Waals surface area contributed by atoms with Gasteiger partial charge in [-0.3, -0.25) is 4.79 Å². The highest BCUT2D eigenvalue weighted by molar-refractivity contribution is 5.94. The standard InChI is InChI=1S/C19H22N2O/c1-14-7-2-5-11-17(14)21-19(22)13-20-18-12-6-9-15-8-3-4-10-16(15)18/h2,5-7,9,11-12,20H,3-4,8,10,13H2,1H3,(H,21,22). The number of benzene rings is 2. The van der Waals surface area contributed by atoms with Crippen LogP contribution in [-0.4, -0.2) is 12.5 Å². The van der Waals surface area contributed by atoms with Crippen LogP contribution >= 0.6 is 0 Å². The third kappa shape index (κ3) is 3.30. The zero-order chi connectivity index (χ0) is 15.4. The Morgan fingerprint density at radius 1 is 1.00 bits per heavy atom. The van der Waals surface area contributed by atoms with Gasteiger partial charge in [-0.25, -0.2) is 0 Å². The van der Waals surface area contributed by atoms with E-state index >= 15 is 0 Å². The minimum atomic E-state index is -0.0114. The maximum absolute atomic E-state index is 12.1. The molecule has 0 aromatic heterocycles. The average molecular weight is 294 g/mol. The largest absolute Gasteiger partial charge is 0.376 e. The van der Waals surface area contributed by atoms with Gasteiger partial charge in [0.05, 0.1) is 6.54 Å². The molecule has 0 fully saturated rings. The maximum atomic E-state index is 12.1. The predicted octanol–water partition coefficient (Wildman–Crippen LogP) is 3.92. The number of nitrogens with one attached hydrogen (secondary N) is 2. The molecule has 0 aliphatic heterocycles. The molecule has 0 heterocycles. The van der Waals surface area contributed by atoms with Crippen LogP contribution in [-0.2, 0) is 17.6 Å². The summed E-state index contributed by atoms with van der Waals surface area (Å²) in [6.07, 6.45) is 4.77. The second kappa shape index (κ2) is 6.65. The molecule has 0 spiro atoms. The summed E-state index contributed by atoms with van der Waals surface area (Å²) in [7, 11) is 0. The van der Waals surface area contributed by atoms with Crippen molar-refractivity contribution in [3.8, 4) is 0 Å². The molecular weight excluding hydrogens is 272 g/mol. The van der Waals surface area contributed by atoms with Crippen molar-refractivity contribution in [2.75, 3.05) is 17.2 Å². The first-order valence-electron chi connectivity index (χ1n) is 7.94. The van der Waals surface area contributed by atoms with Gasteiger partial charge in [-0.15, -0.1) is 0 Å². The number of anilines is 2. The molecule has 1 amide bonds. The Labute approximate surface area is 131 Å². The molecule has 1 aliphatic rings. The molecule has 3 rings (SSSR count). The molecule has 3 nitrogen and oxygen atoms in total. The molecular formula is C19H22N2O. The summed E-state index contributed by atoms with van der Waals surface area (Å²) >= 11 is 0. The number of hydrogen-bond donors (Lipinski definition) is 2. The quantitative estimate of drug-likeness (QED) is 0.897. The van der Waals surface area contributed by atoms with Crippen LogP contribution in [0.5, 0.6) is 0 Å². The van der Waals surface area contributed by atoms with Crippen molar-refractivity contribution < 1.29 is 4.79 Å². The topological polar surface area (TPSA) is 41.1 Å². The van der Waals surface area contributed by atoms with Crippen LogP contribution in [0.1, 0.15) is 29.5 Å². The normalized spacial score (nSPS) is 13.3. The predicted molar refractivity (Wildman–Crippen MR) is 91.4 cm³/mol. The highest BCUT2D eigenvalue weighted by Gasteiger charge is 2.13. The van der Waals surface area contributed by atoms with Crippen molar-refractivity contribution in [1.29, 1.82) is 0 Å². The number of hydrogen-bond acceptors (Lipinski definition) is 2. The van der Waals surface area contributed by atoms with Gasteiger partial charge in [0.1, 0.15) is 0 Å². The molecule has 0 bridgehead atoms. The molecule has 22 heavy (non-hydrogen) atoms. The van der Waals surface area contributed by atoms with Gasteiger partial charge in [0.2, 0.25) is 5.91 Å². The molecule has 0 saturated carbocycles. The number of carbonyl (C=O) groups excluding carboxylic acids is 1. The lowest BCUT2D eigenvalue weighted by Crippen LogP contribution is -2.23. The highest BCUT2D eigenvalue weighted by Crippen LogP contribution is 2.27. The number of rotatable bonds is 4. The van der Waals surface area contributed by atoms with Gasteiger partial charge in [0.15, 0.2) is 0 Å². The number of aryl methyl sites for hydroxylation is 2. The first-order valence-corrected chi connectivity index (χ1v) is 7.94. The summed E-state index contributed by atoms with van der Waals surface area (Å²) in [5.41, 5.74) is 5.88. The maximum Gasteiger partial charge on any atom is 0.243 e. The van der Waals surface area contributed by atoms with Crippen LogP contribution in [0.25, 0.3) is 0 Å². The van der Waals surface area contributed by atoms with E-state index in [2.05, 4.69) is 28.8 Å². The number of amides is 1. The summed E-state index contributed by atoms with van der Waals surface area (Å²) in [4.78, 5) is 12.1. The molecule has 0 radical (unpaired) electrons. The van der Waals surface area contributed by atoms with Crippen LogP contribution in [0, 0.1) is 6.92 Å². The van der Waals surface area contributed by atoms with Crippen LogP contribution in [0.4, 0.5) is 11.4 Å². The van der Waals surface area contributed by atoms with E-state index in [1.54, 1.807) is 0 Å². The smallest absolute Gasteiger partial charge is 0.243 e. The van der Waals surface area contributed by atoms with Crippen molar-refractivity contribution in [3.05, 3.63) is 59.2 Å². The van der Waals surface area contributed by atoms with Gasteiger partial charge in [-0.05, 0) is 61.4 Å². The number of carbonyl (C=O) groups is 1. The zero-order valence-electron chi connectivity index (χ0n) is 13.0. The van der Waals surface area contributed by atoms with Crippen LogP contribution < -0.4 is 10.6 Å². The van der Waals surface area contributed by atoms with Crippen LogP contribution in [0.2, 0.25) is 0 Å². The van der Waals surface area contributed by atoms with Gasteiger partial charge < -0.3 is 10.6 Å². The molecule has 0 unspecified atom stereocenters. The summed E-state index contributed by atoms with van der Waals surface area (Å²) in [5, 5.41) is 6.26. The van der Waals surface area contributed by atoms with Crippen molar-refractivity contribution in [2.45, 2.75) is 32.6 Å². The van der Waals surface area contributed by atoms with Crippen molar-refractivity contribution in [1.82, 2.24) is 0 Å². The second-order valence-corrected chi connectivity index (χ2v) is 5.87.